The second-order valence-electron chi connectivity index (χ2n) is 7.29. The molecular weight excluding hydrogens is 391 g/mol. The number of thiophene rings is 1. The Bertz CT molecular complexity index is 796. The van der Waals surface area contributed by atoms with Crippen LogP contribution in [-0.4, -0.2) is 28.1 Å². The smallest absolute Gasteiger partial charge is 0.303 e. The number of unbranched alkanes of at least 4 members (excludes halogenated alkanes) is 1. The molecule has 3 atom stereocenters. The van der Waals surface area contributed by atoms with Gasteiger partial charge in [0.15, 0.2) is 0 Å². The molecule has 0 aliphatic heterocycles. The van der Waals surface area contributed by atoms with Crippen LogP contribution in [0.2, 0.25) is 0 Å². The highest BCUT2D eigenvalue weighted by atomic mass is 32.1. The molecule has 1 aromatic carbocycles. The minimum atomic E-state index is -1.37. The van der Waals surface area contributed by atoms with Crippen molar-refractivity contribution in [3.05, 3.63) is 47.4 Å². The van der Waals surface area contributed by atoms with Gasteiger partial charge >= 0.3 is 5.97 Å². The maximum absolute atomic E-state index is 14.2. The number of carboxylic acids is 1. The van der Waals surface area contributed by atoms with Crippen LogP contribution in [0.5, 0.6) is 0 Å². The summed E-state index contributed by atoms with van der Waals surface area (Å²) >= 11 is 1.42. The van der Waals surface area contributed by atoms with Crippen molar-refractivity contribution in [2.24, 2.45) is 5.92 Å². The molecule has 0 amide bonds. The predicted octanol–water partition coefficient (Wildman–Crippen LogP) is 5.85. The molecule has 0 spiro atoms. The molecule has 0 bridgehead atoms. The minimum Gasteiger partial charge on any atom is -0.481 e. The van der Waals surface area contributed by atoms with E-state index < -0.39 is 18.2 Å². The zero-order valence-corrected chi connectivity index (χ0v) is 17.5. The average molecular weight is 421 g/mol. The zero-order chi connectivity index (χ0) is 21.2. The first-order chi connectivity index (χ1) is 13.9. The highest BCUT2D eigenvalue weighted by molar-refractivity contribution is 7.19. The molecular formula is C23H29FO4S. The first-order valence-corrected chi connectivity index (χ1v) is 10.9. The third-order valence-electron chi connectivity index (χ3n) is 5.02. The van der Waals surface area contributed by atoms with Gasteiger partial charge in [-0.15, -0.1) is 11.3 Å². The average Bonchev–Trinajstić information content (AvgIpc) is 3.31. The fourth-order valence-electron chi connectivity index (χ4n) is 3.40. The van der Waals surface area contributed by atoms with Crippen molar-refractivity contribution in [2.75, 3.05) is 0 Å². The maximum atomic E-state index is 14.2. The van der Waals surface area contributed by atoms with Crippen molar-refractivity contribution in [1.29, 1.82) is 0 Å². The molecule has 3 unspecified atom stereocenters. The van der Waals surface area contributed by atoms with Crippen LogP contribution in [0.15, 0.2) is 42.5 Å². The number of aliphatic carboxylic acids is 1. The van der Waals surface area contributed by atoms with Crippen LogP contribution in [0.1, 0.15) is 62.9 Å². The van der Waals surface area contributed by atoms with Gasteiger partial charge in [0.25, 0.3) is 0 Å². The summed E-state index contributed by atoms with van der Waals surface area (Å²) in [6.07, 6.45) is 5.66. The number of fused-ring (bicyclic) bond motifs is 1. The van der Waals surface area contributed by atoms with Crippen LogP contribution in [0.3, 0.4) is 0 Å². The molecule has 4 nitrogen and oxygen atoms in total. The van der Waals surface area contributed by atoms with Gasteiger partial charge in [-0.3, -0.25) is 9.59 Å². The van der Waals surface area contributed by atoms with Gasteiger partial charge in [-0.05, 0) is 56.5 Å². The van der Waals surface area contributed by atoms with E-state index in [1.165, 1.54) is 11.3 Å². The molecule has 1 aromatic heterocycles. The Morgan fingerprint density at radius 3 is 2.76 bits per heavy atom. The summed E-state index contributed by atoms with van der Waals surface area (Å²) in [6, 6.07) is 9.61. The summed E-state index contributed by atoms with van der Waals surface area (Å²) < 4.78 is 15.3. The van der Waals surface area contributed by atoms with Gasteiger partial charge in [0, 0.05) is 28.3 Å². The van der Waals surface area contributed by atoms with Crippen molar-refractivity contribution in [3.8, 4) is 0 Å². The third-order valence-corrected chi connectivity index (χ3v) is 6.20. The lowest BCUT2D eigenvalue weighted by Crippen LogP contribution is -2.19. The molecule has 1 heterocycles. The molecule has 1 aliphatic rings. The summed E-state index contributed by atoms with van der Waals surface area (Å²) in [5.74, 6) is -0.760. The van der Waals surface area contributed by atoms with E-state index in [0.29, 0.717) is 11.3 Å². The molecule has 29 heavy (non-hydrogen) atoms. The number of hydrogen-bond donors (Lipinski definition) is 2. The number of Topliss-reactive ketones (excluding diaryl/α,β-unsaturated/α-hetero) is 1. The van der Waals surface area contributed by atoms with Gasteiger partial charge in [0.05, 0.1) is 0 Å². The Morgan fingerprint density at radius 2 is 2.14 bits per heavy atom. The second-order valence-corrected chi connectivity index (χ2v) is 8.41. The predicted molar refractivity (Wildman–Crippen MR) is 115 cm³/mol. The summed E-state index contributed by atoms with van der Waals surface area (Å²) in [5, 5.41) is 19.4. The third kappa shape index (κ3) is 7.37. The van der Waals surface area contributed by atoms with E-state index in [-0.39, 0.29) is 24.5 Å². The van der Waals surface area contributed by atoms with E-state index in [0.717, 1.165) is 35.8 Å². The first kappa shape index (κ1) is 23.2. The number of aliphatic hydroxyl groups excluding tert-OH is 1. The van der Waals surface area contributed by atoms with Crippen LogP contribution < -0.4 is 0 Å². The Morgan fingerprint density at radius 1 is 1.38 bits per heavy atom. The quantitative estimate of drug-likeness (QED) is 0.415. The molecule has 2 N–H and O–H groups in total. The van der Waals surface area contributed by atoms with E-state index in [4.69, 9.17) is 5.11 Å². The number of carboxylic acid groups (broad SMARTS) is 1. The molecule has 2 aromatic rings. The topological polar surface area (TPSA) is 74.6 Å². The maximum Gasteiger partial charge on any atom is 0.303 e. The van der Waals surface area contributed by atoms with Crippen molar-refractivity contribution in [2.45, 2.75) is 64.1 Å². The number of alkyl halides is 1. The molecule has 0 radical (unpaired) electrons. The van der Waals surface area contributed by atoms with Gasteiger partial charge in [-0.1, -0.05) is 30.4 Å². The number of ketones is 1. The van der Waals surface area contributed by atoms with Crippen molar-refractivity contribution in [3.63, 3.8) is 0 Å². The lowest BCUT2D eigenvalue weighted by molar-refractivity contribution is -0.137. The standard InChI is InChI=1S/C16H17FO2S.C7H12O2/c17-12(8-10-5-3-6-13(10)18)16(19)15-9-11-4-1-2-7-14(11)20-15;1-2-3-4-5-6-7(8)9/h1-2,4,7,9-10,12,16,19H,3,5-6,8H2;2-3H,4-6H2,1H3,(H,8,9)/b;3-2-. The van der Waals surface area contributed by atoms with E-state index in [2.05, 4.69) is 0 Å². The minimum absolute atomic E-state index is 0.147. The van der Waals surface area contributed by atoms with E-state index in [1.54, 1.807) is 0 Å². The van der Waals surface area contributed by atoms with E-state index in [1.807, 2.05) is 49.4 Å². The largest absolute Gasteiger partial charge is 0.481 e. The fraction of sp³-hybridized carbons (Fsp3) is 0.478. The van der Waals surface area contributed by atoms with Gasteiger partial charge in [-0.2, -0.15) is 0 Å². The fourth-order valence-corrected chi connectivity index (χ4v) is 4.50. The van der Waals surface area contributed by atoms with E-state index in [9.17, 15) is 19.1 Å². The van der Waals surface area contributed by atoms with Gasteiger partial charge < -0.3 is 10.2 Å². The lowest BCUT2D eigenvalue weighted by Gasteiger charge is -2.17. The highest BCUT2D eigenvalue weighted by Crippen LogP contribution is 2.35. The van der Waals surface area contributed by atoms with Crippen LogP contribution in [0.25, 0.3) is 10.1 Å². The first-order valence-electron chi connectivity index (χ1n) is 10.1. The number of benzene rings is 1. The number of carbonyl (C=O) groups excluding carboxylic acids is 1. The molecule has 6 heteroatoms. The second kappa shape index (κ2) is 11.8. The number of allylic oxidation sites excluding steroid dienone is 2. The molecule has 158 valence electrons. The van der Waals surface area contributed by atoms with Crippen LogP contribution in [-0.2, 0) is 9.59 Å². The number of hydrogen-bond acceptors (Lipinski definition) is 4. The summed E-state index contributed by atoms with van der Waals surface area (Å²) in [7, 11) is 0. The lowest BCUT2D eigenvalue weighted by atomic mass is 9.96. The van der Waals surface area contributed by atoms with Crippen molar-refractivity contribution in [1.82, 2.24) is 0 Å². The SMILES string of the molecule is C/C=C\CCCC(=O)O.O=C1CCCC1CC(F)C(O)c1cc2ccccc2s1. The molecule has 3 rings (SSSR count). The van der Waals surface area contributed by atoms with Gasteiger partial charge in [0.2, 0.25) is 0 Å². The van der Waals surface area contributed by atoms with E-state index >= 15 is 0 Å². The number of halogens is 1. The van der Waals surface area contributed by atoms with Crippen LogP contribution in [0.4, 0.5) is 4.39 Å². The van der Waals surface area contributed by atoms with Crippen molar-refractivity contribution < 1.29 is 24.2 Å². The number of carbonyl (C=O) groups is 2. The molecule has 0 saturated heterocycles. The highest BCUT2D eigenvalue weighted by Gasteiger charge is 2.31. The molecule has 1 aliphatic carbocycles. The molecule has 1 saturated carbocycles. The van der Waals surface area contributed by atoms with Crippen LogP contribution in [0, 0.1) is 5.92 Å². The molecule has 1 fully saturated rings. The summed E-state index contributed by atoms with van der Waals surface area (Å²) in [6.45, 7) is 1.93. The van der Waals surface area contributed by atoms with Crippen molar-refractivity contribution >= 4 is 33.2 Å². The van der Waals surface area contributed by atoms with Crippen LogP contribution >= 0.6 is 11.3 Å². The number of rotatable bonds is 8. The normalized spacial score (nSPS) is 18.6. The Hall–Kier alpha value is -2.05. The summed E-state index contributed by atoms with van der Waals surface area (Å²) in [5.41, 5.74) is 0. The Balaban J connectivity index is 0.000000284. The Labute approximate surface area is 175 Å². The van der Waals surface area contributed by atoms with Gasteiger partial charge in [-0.25, -0.2) is 4.39 Å². The summed E-state index contributed by atoms with van der Waals surface area (Å²) in [4.78, 5) is 22.1. The van der Waals surface area contributed by atoms with Gasteiger partial charge in [0.1, 0.15) is 18.1 Å². The zero-order valence-electron chi connectivity index (χ0n) is 16.7. The Kier molecular flexibility index (Phi) is 9.48. The number of aliphatic hydroxyl groups is 1. The monoisotopic (exact) mass is 420 g/mol.